The summed E-state index contributed by atoms with van der Waals surface area (Å²) in [5.74, 6) is 0.502. The normalized spacial score (nSPS) is 18.1. The van der Waals surface area contributed by atoms with Gasteiger partial charge in [0, 0.05) is 31.6 Å². The van der Waals surface area contributed by atoms with Crippen LogP contribution in [0.2, 0.25) is 0 Å². The average molecular weight is 480 g/mol. The highest BCUT2D eigenvalue weighted by molar-refractivity contribution is 5.85. The molecule has 1 saturated heterocycles. The number of rotatable bonds is 12. The predicted octanol–water partition coefficient (Wildman–Crippen LogP) is 4.93. The Morgan fingerprint density at radius 3 is 2.43 bits per heavy atom. The first-order valence-corrected chi connectivity index (χ1v) is 13.0. The van der Waals surface area contributed by atoms with Gasteiger partial charge in [-0.1, -0.05) is 69.7 Å². The highest BCUT2D eigenvalue weighted by Crippen LogP contribution is 2.41. The van der Waals surface area contributed by atoms with E-state index in [9.17, 15) is 9.59 Å². The van der Waals surface area contributed by atoms with E-state index in [-0.39, 0.29) is 23.8 Å². The van der Waals surface area contributed by atoms with Crippen molar-refractivity contribution >= 4 is 11.8 Å². The zero-order valence-corrected chi connectivity index (χ0v) is 21.8. The number of piperidine rings is 1. The zero-order valence-electron chi connectivity index (χ0n) is 21.8. The molecule has 0 radical (unpaired) electrons. The summed E-state index contributed by atoms with van der Waals surface area (Å²) in [6, 6.07) is 15.8. The Bertz CT molecular complexity index is 973. The first-order chi connectivity index (χ1) is 17.0. The zero-order chi connectivity index (χ0) is 25.2. The maximum absolute atomic E-state index is 13.6. The van der Waals surface area contributed by atoms with Crippen LogP contribution >= 0.6 is 0 Å². The molecule has 2 aromatic rings. The van der Waals surface area contributed by atoms with Crippen LogP contribution in [-0.4, -0.2) is 48.4 Å². The van der Waals surface area contributed by atoms with Crippen molar-refractivity contribution < 1.29 is 14.3 Å². The Balaban J connectivity index is 1.84. The second kappa shape index (κ2) is 13.3. The van der Waals surface area contributed by atoms with Crippen molar-refractivity contribution in [3.05, 3.63) is 65.2 Å². The van der Waals surface area contributed by atoms with Gasteiger partial charge in [-0.3, -0.25) is 14.5 Å². The molecule has 0 spiro atoms. The van der Waals surface area contributed by atoms with Crippen LogP contribution in [0.4, 0.5) is 0 Å². The highest BCUT2D eigenvalue weighted by Gasteiger charge is 2.41. The van der Waals surface area contributed by atoms with Gasteiger partial charge in [-0.2, -0.15) is 0 Å². The second-order valence-corrected chi connectivity index (χ2v) is 9.22. The number of hydrogen-bond donors (Lipinski definition) is 1. The number of amides is 2. The molecule has 190 valence electrons. The third-order valence-electron chi connectivity index (χ3n) is 7.11. The Labute approximate surface area is 210 Å². The molecule has 3 rings (SSSR count). The number of carbonyl (C=O) groups is 2. The predicted molar refractivity (Wildman–Crippen MR) is 140 cm³/mol. The molecular weight excluding hydrogens is 438 g/mol. The van der Waals surface area contributed by atoms with Gasteiger partial charge in [0.1, 0.15) is 5.75 Å². The molecule has 1 aliphatic heterocycles. The van der Waals surface area contributed by atoms with Crippen molar-refractivity contribution in [1.82, 2.24) is 15.1 Å². The molecule has 0 bridgehead atoms. The lowest BCUT2D eigenvalue weighted by Crippen LogP contribution is -2.48. The number of ether oxygens (including phenoxy) is 1. The van der Waals surface area contributed by atoms with E-state index in [1.807, 2.05) is 35.2 Å². The van der Waals surface area contributed by atoms with Crippen molar-refractivity contribution in [1.29, 1.82) is 0 Å². The van der Waals surface area contributed by atoms with Gasteiger partial charge in [-0.05, 0) is 43.1 Å². The fourth-order valence-corrected chi connectivity index (χ4v) is 5.00. The third kappa shape index (κ3) is 6.63. The minimum absolute atomic E-state index is 0.00690. The average Bonchev–Trinajstić information content (AvgIpc) is 2.89. The van der Waals surface area contributed by atoms with E-state index in [1.165, 1.54) is 5.56 Å². The summed E-state index contributed by atoms with van der Waals surface area (Å²) in [5.41, 5.74) is 3.28. The van der Waals surface area contributed by atoms with Gasteiger partial charge >= 0.3 is 0 Å². The third-order valence-corrected chi connectivity index (χ3v) is 7.11. The maximum atomic E-state index is 13.6. The molecule has 35 heavy (non-hydrogen) atoms. The second-order valence-electron chi connectivity index (χ2n) is 9.22. The Kier molecular flexibility index (Phi) is 10.2. The molecule has 6 heteroatoms. The van der Waals surface area contributed by atoms with Gasteiger partial charge in [-0.25, -0.2) is 0 Å². The summed E-state index contributed by atoms with van der Waals surface area (Å²) in [5, 5.41) is 3.21. The number of carbonyl (C=O) groups excluding carboxylic acids is 2. The molecule has 2 unspecified atom stereocenters. The summed E-state index contributed by atoms with van der Waals surface area (Å²) in [4.78, 5) is 30.9. The van der Waals surface area contributed by atoms with Crippen LogP contribution in [0.1, 0.15) is 69.2 Å². The number of unbranched alkanes of at least 4 members (excludes halogenated alkanes) is 1. The van der Waals surface area contributed by atoms with Crippen LogP contribution < -0.4 is 10.1 Å². The van der Waals surface area contributed by atoms with Gasteiger partial charge in [0.25, 0.3) is 0 Å². The number of methoxy groups -OCH3 is 1. The van der Waals surface area contributed by atoms with Gasteiger partial charge in [-0.15, -0.1) is 0 Å². The summed E-state index contributed by atoms with van der Waals surface area (Å²) >= 11 is 0. The summed E-state index contributed by atoms with van der Waals surface area (Å²) in [6.45, 7) is 10.4. The Morgan fingerprint density at radius 1 is 1.06 bits per heavy atom. The van der Waals surface area contributed by atoms with E-state index < -0.39 is 0 Å². The molecule has 2 aromatic carbocycles. The lowest BCUT2D eigenvalue weighted by Gasteiger charge is -2.41. The number of para-hydroxylation sites is 1. The smallest absolute Gasteiger partial charge is 0.225 e. The van der Waals surface area contributed by atoms with Crippen molar-refractivity contribution in [3.8, 4) is 5.75 Å². The van der Waals surface area contributed by atoms with Crippen LogP contribution in [0, 0.1) is 5.92 Å². The molecule has 2 amide bonds. The van der Waals surface area contributed by atoms with Crippen molar-refractivity contribution in [3.63, 3.8) is 0 Å². The topological polar surface area (TPSA) is 61.9 Å². The fraction of sp³-hybridized carbons (Fsp3) is 0.517. The summed E-state index contributed by atoms with van der Waals surface area (Å²) in [7, 11) is 1.64. The fourth-order valence-electron chi connectivity index (χ4n) is 5.00. The van der Waals surface area contributed by atoms with Crippen LogP contribution in [0.3, 0.4) is 0 Å². The van der Waals surface area contributed by atoms with E-state index in [0.29, 0.717) is 25.9 Å². The molecule has 2 atom stereocenters. The lowest BCUT2D eigenvalue weighted by molar-refractivity contribution is -0.143. The minimum Gasteiger partial charge on any atom is -0.496 e. The van der Waals surface area contributed by atoms with E-state index >= 15 is 0 Å². The van der Waals surface area contributed by atoms with E-state index in [2.05, 4.69) is 49.2 Å². The molecule has 0 aromatic heterocycles. The Morgan fingerprint density at radius 2 is 1.74 bits per heavy atom. The van der Waals surface area contributed by atoms with E-state index in [1.54, 1.807) is 7.11 Å². The number of nitrogens with one attached hydrogen (secondary N) is 1. The molecule has 1 fully saturated rings. The molecule has 1 heterocycles. The molecule has 1 N–H and O–H groups in total. The van der Waals surface area contributed by atoms with Crippen LogP contribution in [-0.2, 0) is 22.7 Å². The van der Waals surface area contributed by atoms with Gasteiger partial charge in [0.05, 0.1) is 19.1 Å². The Hall–Kier alpha value is -2.86. The summed E-state index contributed by atoms with van der Waals surface area (Å²) in [6.07, 6.45) is 2.83. The molecule has 0 aliphatic carbocycles. The maximum Gasteiger partial charge on any atom is 0.225 e. The van der Waals surface area contributed by atoms with Gasteiger partial charge < -0.3 is 15.0 Å². The van der Waals surface area contributed by atoms with Gasteiger partial charge in [0.2, 0.25) is 11.8 Å². The van der Waals surface area contributed by atoms with Crippen LogP contribution in [0.15, 0.2) is 48.5 Å². The SMILES string of the molecule is CCCCN1C(=O)CCC(C(=O)NCc2ccccc2CN(CC)CC)C1c1ccccc1OC. The summed E-state index contributed by atoms with van der Waals surface area (Å²) < 4.78 is 5.64. The monoisotopic (exact) mass is 479 g/mol. The first-order valence-electron chi connectivity index (χ1n) is 13.0. The number of likely N-dealkylation sites (tertiary alicyclic amines) is 1. The van der Waals surface area contributed by atoms with E-state index in [4.69, 9.17) is 4.74 Å². The molecule has 6 nitrogen and oxygen atoms in total. The van der Waals surface area contributed by atoms with Crippen LogP contribution in [0.25, 0.3) is 0 Å². The van der Waals surface area contributed by atoms with Crippen molar-refractivity contribution in [2.24, 2.45) is 5.92 Å². The van der Waals surface area contributed by atoms with Crippen molar-refractivity contribution in [2.75, 3.05) is 26.7 Å². The molecule has 1 aliphatic rings. The van der Waals surface area contributed by atoms with Crippen molar-refractivity contribution in [2.45, 2.75) is 65.6 Å². The first kappa shape index (κ1) is 26.7. The number of nitrogens with zero attached hydrogens (tertiary/aromatic N) is 2. The number of hydrogen-bond acceptors (Lipinski definition) is 4. The molecule has 0 saturated carbocycles. The highest BCUT2D eigenvalue weighted by atomic mass is 16.5. The minimum atomic E-state index is -0.329. The largest absolute Gasteiger partial charge is 0.496 e. The quantitative estimate of drug-likeness (QED) is 0.469. The lowest BCUT2D eigenvalue weighted by atomic mass is 9.83. The molecular formula is C29H41N3O3. The number of benzene rings is 2. The standard InChI is InChI=1S/C29H41N3O3/c1-5-8-19-32-27(33)18-17-25(28(32)24-15-11-12-16-26(24)35-4)29(34)30-20-22-13-9-10-14-23(22)21-31(6-2)7-3/h9-16,25,28H,5-8,17-21H2,1-4H3,(H,30,34). The van der Waals surface area contributed by atoms with Crippen LogP contribution in [0.5, 0.6) is 5.75 Å². The van der Waals surface area contributed by atoms with E-state index in [0.717, 1.165) is 49.4 Å². The van der Waals surface area contributed by atoms with Gasteiger partial charge in [0.15, 0.2) is 0 Å².